The van der Waals surface area contributed by atoms with Gasteiger partial charge in [0.05, 0.1) is 23.9 Å². The number of fused-ring (bicyclic) bond motifs is 3. The number of aldehydes is 1. The minimum atomic E-state index is -1.78. The Morgan fingerprint density at radius 3 is 2.72 bits per heavy atom. The van der Waals surface area contributed by atoms with Crippen molar-refractivity contribution in [3.63, 3.8) is 0 Å². The third kappa shape index (κ3) is 3.34. The van der Waals surface area contributed by atoms with Gasteiger partial charge in [0.15, 0.2) is 11.6 Å². The van der Waals surface area contributed by atoms with E-state index in [1.54, 1.807) is 13.8 Å². The molecule has 1 aromatic carbocycles. The quantitative estimate of drug-likeness (QED) is 0.524. The van der Waals surface area contributed by atoms with Crippen molar-refractivity contribution < 1.29 is 27.9 Å². The smallest absolute Gasteiger partial charge is 0.321 e. The highest BCUT2D eigenvalue weighted by Gasteiger charge is 2.57. The SMILES string of the molecule is CNC(=O)NC(=O)C1(C=O)Cc2cc(-c3csnn3)c(F)c(F)c2N2CC(C)OC(C)C21. The van der Waals surface area contributed by atoms with Gasteiger partial charge < -0.3 is 19.7 Å². The topological polar surface area (TPSA) is 114 Å². The number of ether oxygens (including phenoxy) is 1. The summed E-state index contributed by atoms with van der Waals surface area (Å²) in [7, 11) is 1.33. The predicted molar refractivity (Wildman–Crippen MR) is 111 cm³/mol. The second kappa shape index (κ2) is 8.17. The number of imide groups is 1. The van der Waals surface area contributed by atoms with Gasteiger partial charge in [0, 0.05) is 24.5 Å². The molecule has 170 valence electrons. The Kier molecular flexibility index (Phi) is 5.67. The van der Waals surface area contributed by atoms with Crippen molar-refractivity contribution >= 4 is 35.4 Å². The lowest BCUT2D eigenvalue weighted by Crippen LogP contribution is -2.68. The first-order valence-electron chi connectivity index (χ1n) is 9.93. The van der Waals surface area contributed by atoms with Crippen molar-refractivity contribution in [2.24, 2.45) is 5.41 Å². The molecule has 4 atom stereocenters. The van der Waals surface area contributed by atoms with Gasteiger partial charge >= 0.3 is 6.03 Å². The van der Waals surface area contributed by atoms with Crippen LogP contribution in [0.2, 0.25) is 0 Å². The molecule has 1 aromatic heterocycles. The number of urea groups is 1. The van der Waals surface area contributed by atoms with E-state index in [1.165, 1.54) is 23.4 Å². The van der Waals surface area contributed by atoms with E-state index in [2.05, 4.69) is 20.2 Å². The fourth-order valence-electron chi connectivity index (χ4n) is 4.72. The van der Waals surface area contributed by atoms with Gasteiger partial charge in [0.25, 0.3) is 0 Å². The van der Waals surface area contributed by atoms with E-state index < -0.39 is 41.1 Å². The van der Waals surface area contributed by atoms with Crippen LogP contribution in [0.5, 0.6) is 0 Å². The summed E-state index contributed by atoms with van der Waals surface area (Å²) in [6.07, 6.45) is -0.840. The van der Waals surface area contributed by atoms with Crippen LogP contribution in [-0.2, 0) is 20.7 Å². The molecule has 12 heteroatoms. The third-order valence-corrected chi connectivity index (χ3v) is 6.47. The van der Waals surface area contributed by atoms with Gasteiger partial charge in [0.2, 0.25) is 5.91 Å². The van der Waals surface area contributed by atoms with Crippen molar-refractivity contribution in [3.8, 4) is 11.3 Å². The lowest BCUT2D eigenvalue weighted by Gasteiger charge is -2.53. The standard InChI is InChI=1S/C20H21F2N5O4S/c1-9-6-27-16-11(4-12(14(21)15(16)22)13-7-32-26-25-13)5-20(8-28,17(27)10(2)31-9)18(29)24-19(30)23-3/h4,7-10,17H,5-6H2,1-3H3,(H2,23,24,29,30). The van der Waals surface area contributed by atoms with E-state index in [4.69, 9.17) is 4.74 Å². The van der Waals surface area contributed by atoms with Crippen LogP contribution < -0.4 is 15.5 Å². The number of amides is 3. The van der Waals surface area contributed by atoms with E-state index in [9.17, 15) is 14.4 Å². The van der Waals surface area contributed by atoms with Crippen molar-refractivity contribution in [1.29, 1.82) is 0 Å². The number of anilines is 1. The van der Waals surface area contributed by atoms with Gasteiger partial charge in [-0.15, -0.1) is 5.10 Å². The molecular formula is C20H21F2N5O4S. The summed E-state index contributed by atoms with van der Waals surface area (Å²) in [6, 6.07) is -0.350. The number of carbonyl (C=O) groups excluding carboxylic acids is 3. The Hall–Kier alpha value is -2.99. The van der Waals surface area contributed by atoms with Crippen LogP contribution in [0, 0.1) is 17.0 Å². The fourth-order valence-corrected chi connectivity index (χ4v) is 5.18. The molecule has 2 N–H and O–H groups in total. The highest BCUT2D eigenvalue weighted by molar-refractivity contribution is 7.03. The Labute approximate surface area is 186 Å². The second-order valence-corrected chi connectivity index (χ2v) is 8.58. The van der Waals surface area contributed by atoms with Crippen molar-refractivity contribution in [2.75, 3.05) is 18.5 Å². The maximum absolute atomic E-state index is 15.4. The molecule has 2 aliphatic heterocycles. The number of aromatic nitrogens is 2. The predicted octanol–water partition coefficient (Wildman–Crippen LogP) is 1.66. The first kappa shape index (κ1) is 22.2. The molecule has 2 aliphatic rings. The molecule has 0 bridgehead atoms. The first-order chi connectivity index (χ1) is 15.2. The van der Waals surface area contributed by atoms with E-state index in [0.717, 1.165) is 11.5 Å². The number of hydrogen-bond acceptors (Lipinski definition) is 8. The summed E-state index contributed by atoms with van der Waals surface area (Å²) in [4.78, 5) is 39.0. The Bertz CT molecular complexity index is 1080. The maximum atomic E-state index is 15.4. The lowest BCUT2D eigenvalue weighted by atomic mass is 9.68. The molecule has 4 rings (SSSR count). The molecule has 4 unspecified atom stereocenters. The molecule has 9 nitrogen and oxygen atoms in total. The number of nitrogens with one attached hydrogen (secondary N) is 2. The number of nitrogens with zero attached hydrogens (tertiary/aromatic N) is 3. The largest absolute Gasteiger partial charge is 0.372 e. The highest BCUT2D eigenvalue weighted by atomic mass is 32.1. The van der Waals surface area contributed by atoms with Gasteiger partial charge in [-0.25, -0.2) is 13.6 Å². The number of benzene rings is 1. The van der Waals surface area contributed by atoms with Gasteiger partial charge in [-0.05, 0) is 43.4 Å². The summed E-state index contributed by atoms with van der Waals surface area (Å²) in [5, 5.41) is 9.72. The first-order valence-corrected chi connectivity index (χ1v) is 10.8. The van der Waals surface area contributed by atoms with E-state index in [1.807, 2.05) is 0 Å². The average Bonchev–Trinajstić information content (AvgIpc) is 3.29. The van der Waals surface area contributed by atoms with Crippen LogP contribution in [0.4, 0.5) is 19.3 Å². The molecule has 0 saturated carbocycles. The van der Waals surface area contributed by atoms with Crippen molar-refractivity contribution in [3.05, 3.63) is 28.6 Å². The molecule has 1 fully saturated rings. The Morgan fingerprint density at radius 1 is 1.34 bits per heavy atom. The molecule has 3 amide bonds. The third-order valence-electron chi connectivity index (χ3n) is 5.96. The summed E-state index contributed by atoms with van der Waals surface area (Å²) in [5.41, 5.74) is -1.52. The van der Waals surface area contributed by atoms with Crippen LogP contribution in [0.25, 0.3) is 11.3 Å². The summed E-state index contributed by atoms with van der Waals surface area (Å²) < 4.78 is 40.0. The van der Waals surface area contributed by atoms with Gasteiger partial charge in [-0.1, -0.05) is 4.49 Å². The zero-order chi connectivity index (χ0) is 23.2. The van der Waals surface area contributed by atoms with Crippen LogP contribution in [0.3, 0.4) is 0 Å². The van der Waals surface area contributed by atoms with Gasteiger partial charge in [-0.3, -0.25) is 10.1 Å². The normalized spacial score (nSPS) is 26.7. The minimum absolute atomic E-state index is 0.0216. The number of morpholine rings is 1. The molecule has 0 aliphatic carbocycles. The minimum Gasteiger partial charge on any atom is -0.372 e. The maximum Gasteiger partial charge on any atom is 0.321 e. The van der Waals surface area contributed by atoms with E-state index >= 15 is 8.78 Å². The molecule has 1 saturated heterocycles. The highest BCUT2D eigenvalue weighted by Crippen LogP contribution is 2.47. The molecule has 32 heavy (non-hydrogen) atoms. The lowest BCUT2D eigenvalue weighted by molar-refractivity contribution is -0.144. The fraction of sp³-hybridized carbons (Fsp3) is 0.450. The molecule has 0 spiro atoms. The van der Waals surface area contributed by atoms with Gasteiger partial charge in [0.1, 0.15) is 17.4 Å². The van der Waals surface area contributed by atoms with Gasteiger partial charge in [-0.2, -0.15) is 0 Å². The molecule has 0 radical (unpaired) electrons. The summed E-state index contributed by atoms with van der Waals surface area (Å²) >= 11 is 0.982. The molecule has 2 aromatic rings. The Balaban J connectivity index is 1.93. The number of hydrogen-bond donors (Lipinski definition) is 2. The zero-order valence-corrected chi connectivity index (χ0v) is 18.3. The summed E-state index contributed by atoms with van der Waals surface area (Å²) in [5.74, 6) is -3.03. The molecular weight excluding hydrogens is 444 g/mol. The second-order valence-electron chi connectivity index (χ2n) is 7.97. The van der Waals surface area contributed by atoms with Crippen LogP contribution in [0.1, 0.15) is 19.4 Å². The Morgan fingerprint density at radius 2 is 2.09 bits per heavy atom. The molecule has 3 heterocycles. The number of rotatable bonds is 3. The van der Waals surface area contributed by atoms with E-state index in [-0.39, 0.29) is 41.6 Å². The summed E-state index contributed by atoms with van der Waals surface area (Å²) in [6.45, 7) is 3.55. The van der Waals surface area contributed by atoms with Crippen molar-refractivity contribution in [2.45, 2.75) is 38.5 Å². The number of halogens is 2. The van der Waals surface area contributed by atoms with Crippen LogP contribution in [-0.4, -0.2) is 59.7 Å². The average molecular weight is 465 g/mol. The van der Waals surface area contributed by atoms with Crippen LogP contribution >= 0.6 is 11.5 Å². The monoisotopic (exact) mass is 465 g/mol. The van der Waals surface area contributed by atoms with E-state index in [0.29, 0.717) is 6.29 Å². The number of carbonyl (C=O) groups is 3. The van der Waals surface area contributed by atoms with Crippen LogP contribution in [0.15, 0.2) is 11.4 Å². The van der Waals surface area contributed by atoms with Crippen molar-refractivity contribution in [1.82, 2.24) is 20.2 Å². The zero-order valence-electron chi connectivity index (χ0n) is 17.5.